The van der Waals surface area contributed by atoms with E-state index in [1.807, 2.05) is 24.3 Å². The van der Waals surface area contributed by atoms with Gasteiger partial charge in [0, 0.05) is 5.56 Å². The minimum absolute atomic E-state index is 0.738. The first-order valence-corrected chi connectivity index (χ1v) is 12.2. The third kappa shape index (κ3) is 7.26. The van der Waals surface area contributed by atoms with Crippen molar-refractivity contribution in [2.75, 3.05) is 6.61 Å². The van der Waals surface area contributed by atoms with Crippen LogP contribution in [0, 0.1) is 35.5 Å². The Morgan fingerprint density at radius 1 is 0.862 bits per heavy atom. The fraction of sp³-hybridized carbons (Fsp3) is 0.643. The zero-order valence-electron chi connectivity index (χ0n) is 18.7. The molecule has 0 spiro atoms. The van der Waals surface area contributed by atoms with Crippen molar-refractivity contribution in [1.29, 1.82) is 0 Å². The van der Waals surface area contributed by atoms with Crippen molar-refractivity contribution in [2.24, 2.45) is 23.7 Å². The summed E-state index contributed by atoms with van der Waals surface area (Å²) in [4.78, 5) is 0. The fourth-order valence-corrected chi connectivity index (χ4v) is 5.33. The molecule has 0 saturated heterocycles. The summed E-state index contributed by atoms with van der Waals surface area (Å²) in [5, 5.41) is 0. The predicted molar refractivity (Wildman–Crippen MR) is 124 cm³/mol. The number of hydrogen-bond acceptors (Lipinski definition) is 1. The van der Waals surface area contributed by atoms with Gasteiger partial charge in [-0.3, -0.25) is 0 Å². The minimum atomic E-state index is 0.738. The topological polar surface area (TPSA) is 9.23 Å². The number of allylic oxidation sites excluding steroid dienone is 2. The van der Waals surface area contributed by atoms with E-state index in [0.29, 0.717) is 0 Å². The van der Waals surface area contributed by atoms with Gasteiger partial charge in [-0.25, -0.2) is 0 Å². The van der Waals surface area contributed by atoms with Gasteiger partial charge in [0.2, 0.25) is 0 Å². The van der Waals surface area contributed by atoms with Crippen LogP contribution in [-0.4, -0.2) is 6.61 Å². The largest absolute Gasteiger partial charge is 0.494 e. The maximum absolute atomic E-state index is 5.62. The molecule has 1 heteroatoms. The summed E-state index contributed by atoms with van der Waals surface area (Å²) < 4.78 is 5.62. The van der Waals surface area contributed by atoms with Gasteiger partial charge in [0.1, 0.15) is 5.75 Å². The second-order valence-electron chi connectivity index (χ2n) is 9.25. The maximum atomic E-state index is 5.62. The molecule has 1 nitrogen and oxygen atoms in total. The average Bonchev–Trinajstić information content (AvgIpc) is 2.77. The Balaban J connectivity index is 1.38. The molecule has 0 amide bonds. The van der Waals surface area contributed by atoms with Crippen LogP contribution in [0.25, 0.3) is 0 Å². The lowest BCUT2D eigenvalue weighted by atomic mass is 9.69. The summed E-state index contributed by atoms with van der Waals surface area (Å²) in [6.07, 6.45) is 19.9. The van der Waals surface area contributed by atoms with E-state index in [9.17, 15) is 0 Å². The second-order valence-corrected chi connectivity index (χ2v) is 9.25. The van der Waals surface area contributed by atoms with Crippen LogP contribution in [0.3, 0.4) is 0 Å². The predicted octanol–water partition coefficient (Wildman–Crippen LogP) is 7.80. The summed E-state index contributed by atoms with van der Waals surface area (Å²) in [6, 6.07) is 8.12. The Morgan fingerprint density at radius 2 is 1.52 bits per heavy atom. The van der Waals surface area contributed by atoms with Crippen molar-refractivity contribution in [1.82, 2.24) is 0 Å². The third-order valence-corrected chi connectivity index (χ3v) is 7.07. The van der Waals surface area contributed by atoms with E-state index in [4.69, 9.17) is 4.74 Å². The van der Waals surface area contributed by atoms with Crippen molar-refractivity contribution in [3.63, 3.8) is 0 Å². The summed E-state index contributed by atoms with van der Waals surface area (Å²) >= 11 is 0. The number of rotatable bonds is 7. The van der Waals surface area contributed by atoms with Crippen LogP contribution in [0.5, 0.6) is 5.75 Å². The van der Waals surface area contributed by atoms with E-state index in [1.54, 1.807) is 0 Å². The highest BCUT2D eigenvalue weighted by atomic mass is 16.5. The van der Waals surface area contributed by atoms with E-state index < -0.39 is 0 Å². The van der Waals surface area contributed by atoms with Gasteiger partial charge in [-0.15, -0.1) is 0 Å². The molecule has 2 aliphatic rings. The Labute approximate surface area is 179 Å². The zero-order chi connectivity index (χ0) is 20.3. The lowest BCUT2D eigenvalue weighted by Crippen LogP contribution is -2.25. The van der Waals surface area contributed by atoms with Gasteiger partial charge in [0.05, 0.1) is 6.61 Å². The average molecular weight is 393 g/mol. The van der Waals surface area contributed by atoms with Crippen LogP contribution >= 0.6 is 0 Å². The van der Waals surface area contributed by atoms with E-state index in [0.717, 1.165) is 48.0 Å². The second kappa shape index (κ2) is 12.1. The summed E-state index contributed by atoms with van der Waals surface area (Å²) in [7, 11) is 0. The Morgan fingerprint density at radius 3 is 2.14 bits per heavy atom. The molecule has 0 atom stereocenters. The van der Waals surface area contributed by atoms with Crippen molar-refractivity contribution in [3.05, 3.63) is 42.0 Å². The lowest BCUT2D eigenvalue weighted by Gasteiger charge is -2.37. The number of benzene rings is 1. The highest BCUT2D eigenvalue weighted by molar-refractivity contribution is 5.40. The van der Waals surface area contributed by atoms with Crippen LogP contribution in [0.4, 0.5) is 0 Å². The Bertz CT molecular complexity index is 659. The molecular weight excluding hydrogens is 352 g/mol. The summed E-state index contributed by atoms with van der Waals surface area (Å²) in [5.41, 5.74) is 1.06. The van der Waals surface area contributed by atoms with Crippen LogP contribution < -0.4 is 4.74 Å². The highest BCUT2D eigenvalue weighted by Gasteiger charge is 2.29. The van der Waals surface area contributed by atoms with Gasteiger partial charge in [-0.05, 0) is 99.0 Å². The van der Waals surface area contributed by atoms with Gasteiger partial charge < -0.3 is 4.74 Å². The Hall–Kier alpha value is -1.68. The maximum Gasteiger partial charge on any atom is 0.119 e. The first-order chi connectivity index (χ1) is 14.3. The van der Waals surface area contributed by atoms with E-state index in [2.05, 4.69) is 37.8 Å². The molecule has 0 radical (unpaired) electrons. The smallest absolute Gasteiger partial charge is 0.119 e. The molecule has 0 aliphatic heterocycles. The summed E-state index contributed by atoms with van der Waals surface area (Å²) in [6.45, 7) is 5.23. The standard InChI is InChI=1S/C28H40O/c1-3-7-23-10-16-26(17-11-23)27-18-12-24(13-19-27)8-5-6-9-25-14-20-28(21-15-25)29-22-4-2/h5,8,14-15,20-21,23-24,26-27H,3-4,7,10-13,16-19,22H2,1-2H3/b8-5+. The normalized spacial score (nSPS) is 27.4. The van der Waals surface area contributed by atoms with Crippen LogP contribution in [-0.2, 0) is 0 Å². The molecule has 0 heterocycles. The molecular formula is C28H40O. The molecule has 3 rings (SSSR count). The van der Waals surface area contributed by atoms with Crippen LogP contribution in [0.1, 0.15) is 90.0 Å². The van der Waals surface area contributed by atoms with Crippen LogP contribution in [0.15, 0.2) is 36.4 Å². The van der Waals surface area contributed by atoms with Gasteiger partial charge in [-0.1, -0.05) is 57.4 Å². The zero-order valence-corrected chi connectivity index (χ0v) is 18.7. The molecule has 0 N–H and O–H groups in total. The van der Waals surface area contributed by atoms with Gasteiger partial charge >= 0.3 is 0 Å². The molecule has 0 aromatic heterocycles. The molecule has 2 aliphatic carbocycles. The summed E-state index contributed by atoms with van der Waals surface area (Å²) in [5.74, 6) is 11.2. The fourth-order valence-electron chi connectivity index (χ4n) is 5.33. The van der Waals surface area contributed by atoms with Crippen molar-refractivity contribution >= 4 is 0 Å². The Kier molecular flexibility index (Phi) is 9.20. The van der Waals surface area contributed by atoms with E-state index in [-0.39, 0.29) is 0 Å². The monoisotopic (exact) mass is 392 g/mol. The number of hydrogen-bond donors (Lipinski definition) is 0. The highest BCUT2D eigenvalue weighted by Crippen LogP contribution is 2.42. The molecule has 0 unspecified atom stereocenters. The molecule has 1 aromatic carbocycles. The SMILES string of the molecule is CCCOc1ccc(C#C/C=C/C2CCC(C3CCC(CCC)CC3)CC2)cc1. The first kappa shape index (κ1) is 22.0. The number of ether oxygens (including phenoxy) is 1. The van der Waals surface area contributed by atoms with Gasteiger partial charge in [-0.2, -0.15) is 0 Å². The molecule has 158 valence electrons. The van der Waals surface area contributed by atoms with Crippen LogP contribution in [0.2, 0.25) is 0 Å². The molecule has 1 aromatic rings. The molecule has 2 saturated carbocycles. The minimum Gasteiger partial charge on any atom is -0.494 e. The van der Waals surface area contributed by atoms with Gasteiger partial charge in [0.15, 0.2) is 0 Å². The van der Waals surface area contributed by atoms with Crippen molar-refractivity contribution in [3.8, 4) is 17.6 Å². The van der Waals surface area contributed by atoms with E-state index in [1.165, 1.54) is 64.2 Å². The third-order valence-electron chi connectivity index (χ3n) is 7.07. The van der Waals surface area contributed by atoms with Crippen molar-refractivity contribution in [2.45, 2.75) is 84.5 Å². The molecule has 2 fully saturated rings. The van der Waals surface area contributed by atoms with E-state index >= 15 is 0 Å². The molecule has 0 bridgehead atoms. The first-order valence-electron chi connectivity index (χ1n) is 12.2. The van der Waals surface area contributed by atoms with Gasteiger partial charge in [0.25, 0.3) is 0 Å². The van der Waals surface area contributed by atoms with Crippen molar-refractivity contribution < 1.29 is 4.74 Å². The lowest BCUT2D eigenvalue weighted by molar-refractivity contribution is 0.152. The molecule has 29 heavy (non-hydrogen) atoms. The quantitative estimate of drug-likeness (QED) is 0.430.